The van der Waals surface area contributed by atoms with Crippen LogP contribution >= 0.6 is 0 Å². The number of carbonyl (C=O) groups is 2. The molecule has 8 nitrogen and oxygen atoms in total. The number of amides is 2. The third-order valence-corrected chi connectivity index (χ3v) is 4.34. The van der Waals surface area contributed by atoms with Gasteiger partial charge in [-0.05, 0) is 43.2 Å². The number of nitrogens with one attached hydrogen (secondary N) is 4. The monoisotopic (exact) mass is 374 g/mol. The van der Waals surface area contributed by atoms with Crippen LogP contribution in [0.3, 0.4) is 0 Å². The summed E-state index contributed by atoms with van der Waals surface area (Å²) in [7, 11) is 0. The number of rotatable bonds is 4. The van der Waals surface area contributed by atoms with Crippen molar-refractivity contribution in [2.45, 2.75) is 13.8 Å². The Bertz CT molecular complexity index is 1160. The third kappa shape index (κ3) is 3.35. The van der Waals surface area contributed by atoms with Crippen LogP contribution in [-0.2, 0) is 0 Å². The Morgan fingerprint density at radius 3 is 2.64 bits per heavy atom. The smallest absolute Gasteiger partial charge is 0.276 e. The summed E-state index contributed by atoms with van der Waals surface area (Å²) in [6, 6.07) is 13.2. The fraction of sp³-hybridized carbons (Fsp3) is 0.100. The van der Waals surface area contributed by atoms with Gasteiger partial charge in [0.05, 0.1) is 17.4 Å². The van der Waals surface area contributed by atoms with Crippen LogP contribution in [0.5, 0.6) is 0 Å². The van der Waals surface area contributed by atoms with Gasteiger partial charge >= 0.3 is 0 Å². The first-order valence-electron chi connectivity index (χ1n) is 8.69. The lowest BCUT2D eigenvalue weighted by atomic mass is 10.1. The molecule has 0 unspecified atom stereocenters. The molecule has 8 heteroatoms. The van der Waals surface area contributed by atoms with E-state index in [0.29, 0.717) is 11.6 Å². The van der Waals surface area contributed by atoms with Crippen LogP contribution < -0.4 is 10.6 Å². The summed E-state index contributed by atoms with van der Waals surface area (Å²) in [4.78, 5) is 39.3. The molecule has 2 aromatic carbocycles. The number of benzene rings is 2. The number of hydrogen-bond acceptors (Lipinski definition) is 4. The van der Waals surface area contributed by atoms with E-state index in [9.17, 15) is 9.59 Å². The van der Waals surface area contributed by atoms with Gasteiger partial charge in [-0.1, -0.05) is 24.3 Å². The van der Waals surface area contributed by atoms with Crippen LogP contribution in [-0.4, -0.2) is 31.8 Å². The standard InChI is InChI=1S/C20H18N6O2/c1-11-7-8-12(2)15(9-11)23-18(27)16-17(22-10-21-16)19(28)26-20-24-13-5-3-4-6-14(13)25-20/h3-10H,1-2H3,(H,21,22)(H,23,27)(H2,24,25,26,28). The minimum atomic E-state index is -0.511. The summed E-state index contributed by atoms with van der Waals surface area (Å²) in [6.45, 7) is 3.84. The highest BCUT2D eigenvalue weighted by Gasteiger charge is 2.22. The molecule has 0 bridgehead atoms. The molecule has 4 rings (SSSR count). The van der Waals surface area contributed by atoms with Crippen LogP contribution in [0.15, 0.2) is 48.8 Å². The first-order chi connectivity index (χ1) is 13.5. The van der Waals surface area contributed by atoms with Crippen LogP contribution in [0.25, 0.3) is 11.0 Å². The highest BCUT2D eigenvalue weighted by atomic mass is 16.2. The van der Waals surface area contributed by atoms with Crippen molar-refractivity contribution in [3.05, 3.63) is 71.3 Å². The molecule has 2 aromatic heterocycles. The lowest BCUT2D eigenvalue weighted by Gasteiger charge is -2.09. The van der Waals surface area contributed by atoms with Gasteiger partial charge in [0.15, 0.2) is 5.69 Å². The molecule has 0 spiro atoms. The van der Waals surface area contributed by atoms with Crippen molar-refractivity contribution in [2.24, 2.45) is 0 Å². The maximum absolute atomic E-state index is 12.7. The number of aromatic amines is 2. The molecule has 2 heterocycles. The molecule has 0 radical (unpaired) electrons. The molecule has 0 aliphatic carbocycles. The van der Waals surface area contributed by atoms with Gasteiger partial charge in [-0.2, -0.15) is 0 Å². The Morgan fingerprint density at radius 2 is 1.82 bits per heavy atom. The highest BCUT2D eigenvalue weighted by Crippen LogP contribution is 2.18. The van der Waals surface area contributed by atoms with Gasteiger partial charge in [-0.3, -0.25) is 14.9 Å². The van der Waals surface area contributed by atoms with E-state index >= 15 is 0 Å². The largest absolute Gasteiger partial charge is 0.340 e. The molecule has 4 aromatic rings. The predicted octanol–water partition coefficient (Wildman–Crippen LogP) is 3.41. The maximum atomic E-state index is 12.7. The minimum Gasteiger partial charge on any atom is -0.340 e. The van der Waals surface area contributed by atoms with Crippen molar-refractivity contribution in [1.29, 1.82) is 0 Å². The lowest BCUT2D eigenvalue weighted by Crippen LogP contribution is -2.21. The zero-order chi connectivity index (χ0) is 19.7. The Labute approximate surface area is 160 Å². The van der Waals surface area contributed by atoms with Gasteiger partial charge < -0.3 is 15.3 Å². The summed E-state index contributed by atoms with van der Waals surface area (Å²) >= 11 is 0. The van der Waals surface area contributed by atoms with Crippen LogP contribution in [0.4, 0.5) is 11.6 Å². The normalized spacial score (nSPS) is 10.8. The Balaban J connectivity index is 1.55. The first-order valence-corrected chi connectivity index (χ1v) is 8.69. The second kappa shape index (κ2) is 6.99. The van der Waals surface area contributed by atoms with E-state index in [1.807, 2.05) is 56.3 Å². The van der Waals surface area contributed by atoms with E-state index in [-0.39, 0.29) is 11.4 Å². The molecule has 0 aliphatic rings. The fourth-order valence-corrected chi connectivity index (χ4v) is 2.87. The summed E-state index contributed by atoms with van der Waals surface area (Å²) in [5.41, 5.74) is 4.22. The molecule has 28 heavy (non-hydrogen) atoms. The number of H-pyrrole nitrogens is 2. The van der Waals surface area contributed by atoms with Crippen molar-refractivity contribution in [1.82, 2.24) is 19.9 Å². The van der Waals surface area contributed by atoms with Gasteiger partial charge in [0.2, 0.25) is 5.95 Å². The van der Waals surface area contributed by atoms with E-state index in [4.69, 9.17) is 0 Å². The molecule has 4 N–H and O–H groups in total. The highest BCUT2D eigenvalue weighted by molar-refractivity contribution is 6.13. The van der Waals surface area contributed by atoms with E-state index in [1.54, 1.807) is 0 Å². The van der Waals surface area contributed by atoms with Crippen molar-refractivity contribution in [3.8, 4) is 0 Å². The van der Waals surface area contributed by atoms with Crippen molar-refractivity contribution >= 4 is 34.5 Å². The zero-order valence-electron chi connectivity index (χ0n) is 15.3. The minimum absolute atomic E-state index is 0.00881. The van der Waals surface area contributed by atoms with Crippen LogP contribution in [0.1, 0.15) is 32.1 Å². The van der Waals surface area contributed by atoms with Crippen molar-refractivity contribution < 1.29 is 9.59 Å². The third-order valence-electron chi connectivity index (χ3n) is 4.34. The number of aromatic nitrogens is 4. The van der Waals surface area contributed by atoms with E-state index < -0.39 is 11.8 Å². The molecule has 2 amide bonds. The average molecular weight is 374 g/mol. The zero-order valence-corrected chi connectivity index (χ0v) is 15.3. The van der Waals surface area contributed by atoms with E-state index in [0.717, 1.165) is 22.2 Å². The van der Waals surface area contributed by atoms with Gasteiger partial charge in [-0.15, -0.1) is 0 Å². The number of carbonyl (C=O) groups excluding carboxylic acids is 2. The van der Waals surface area contributed by atoms with Crippen molar-refractivity contribution in [2.75, 3.05) is 10.6 Å². The van der Waals surface area contributed by atoms with Crippen molar-refractivity contribution in [3.63, 3.8) is 0 Å². The average Bonchev–Trinajstić information content (AvgIpc) is 3.31. The number of nitrogens with zero attached hydrogens (tertiary/aromatic N) is 2. The molecular weight excluding hydrogens is 356 g/mol. The number of para-hydroxylation sites is 2. The summed E-state index contributed by atoms with van der Waals surface area (Å²) < 4.78 is 0. The molecular formula is C20H18N6O2. The number of imidazole rings is 2. The summed E-state index contributed by atoms with van der Waals surface area (Å²) in [5, 5.41) is 5.47. The first kappa shape index (κ1) is 17.5. The molecule has 0 aliphatic heterocycles. The number of aryl methyl sites for hydroxylation is 2. The lowest BCUT2D eigenvalue weighted by molar-refractivity contribution is 0.0985. The van der Waals surface area contributed by atoms with Gasteiger partial charge in [0.25, 0.3) is 11.8 Å². The summed E-state index contributed by atoms with van der Waals surface area (Å²) in [6.07, 6.45) is 1.31. The van der Waals surface area contributed by atoms with Gasteiger partial charge in [-0.25, -0.2) is 9.97 Å². The maximum Gasteiger partial charge on any atom is 0.276 e. The van der Waals surface area contributed by atoms with E-state index in [2.05, 4.69) is 30.6 Å². The van der Waals surface area contributed by atoms with Gasteiger partial charge in [0, 0.05) is 5.69 Å². The molecule has 0 saturated heterocycles. The van der Waals surface area contributed by atoms with Crippen LogP contribution in [0, 0.1) is 13.8 Å². The number of hydrogen-bond donors (Lipinski definition) is 4. The summed E-state index contributed by atoms with van der Waals surface area (Å²) in [5.74, 6) is -0.686. The SMILES string of the molecule is Cc1ccc(C)c(NC(=O)c2nc[nH]c2C(=O)Nc2nc3ccccc3[nH]2)c1. The Kier molecular flexibility index (Phi) is 4.36. The number of anilines is 2. The number of fused-ring (bicyclic) bond motifs is 1. The Hall–Kier alpha value is -3.94. The molecule has 0 saturated carbocycles. The molecule has 0 atom stereocenters. The second-order valence-corrected chi connectivity index (χ2v) is 6.46. The second-order valence-electron chi connectivity index (χ2n) is 6.46. The van der Waals surface area contributed by atoms with Gasteiger partial charge in [0.1, 0.15) is 5.69 Å². The Morgan fingerprint density at radius 1 is 1.00 bits per heavy atom. The topological polar surface area (TPSA) is 116 Å². The fourth-order valence-electron chi connectivity index (χ4n) is 2.87. The molecule has 0 fully saturated rings. The van der Waals surface area contributed by atoms with E-state index in [1.165, 1.54) is 6.33 Å². The quantitative estimate of drug-likeness (QED) is 0.438. The molecule has 140 valence electrons. The predicted molar refractivity (Wildman–Crippen MR) is 107 cm³/mol. The van der Waals surface area contributed by atoms with Crippen LogP contribution in [0.2, 0.25) is 0 Å².